The first kappa shape index (κ1) is 20.9. The molecule has 5 atom stereocenters. The highest BCUT2D eigenvalue weighted by atomic mass is 16.7. The summed E-state index contributed by atoms with van der Waals surface area (Å²) in [5.41, 5.74) is 2.04. The van der Waals surface area contributed by atoms with Crippen LogP contribution in [0.2, 0.25) is 0 Å². The smallest absolute Gasteiger partial charge is 0.184 e. The molecular weight excluding hydrogens is 360 g/mol. The van der Waals surface area contributed by atoms with Crippen molar-refractivity contribution in [2.75, 3.05) is 20.8 Å². The monoisotopic (exact) mass is 388 g/mol. The summed E-state index contributed by atoms with van der Waals surface area (Å²) < 4.78 is 28.8. The fourth-order valence-corrected chi connectivity index (χ4v) is 3.38. The van der Waals surface area contributed by atoms with E-state index in [4.69, 9.17) is 23.7 Å². The summed E-state index contributed by atoms with van der Waals surface area (Å²) in [6.45, 7) is 0.998. The molecule has 1 aliphatic heterocycles. The third-order valence-corrected chi connectivity index (χ3v) is 4.78. The highest BCUT2D eigenvalue weighted by Crippen LogP contribution is 2.28. The summed E-state index contributed by atoms with van der Waals surface area (Å²) in [5.74, 6) is 0. The number of rotatable bonds is 9. The van der Waals surface area contributed by atoms with Crippen molar-refractivity contribution in [3.05, 3.63) is 71.8 Å². The Morgan fingerprint density at radius 1 is 0.786 bits per heavy atom. The standard InChI is InChI=1S/C22H28O6/c1-24-15-18-19(25-2)20(26-13-16-9-5-3-6-10-16)21(22(23)28-18)27-14-17-11-7-4-8-12-17/h3-12,18-23H,13-15H2,1-2H3. The van der Waals surface area contributed by atoms with Gasteiger partial charge < -0.3 is 28.8 Å². The number of benzene rings is 2. The molecule has 0 saturated carbocycles. The van der Waals surface area contributed by atoms with Crippen LogP contribution in [0.4, 0.5) is 0 Å². The Morgan fingerprint density at radius 3 is 1.82 bits per heavy atom. The number of ether oxygens (including phenoxy) is 5. The van der Waals surface area contributed by atoms with Crippen molar-refractivity contribution < 1.29 is 28.8 Å². The van der Waals surface area contributed by atoms with Gasteiger partial charge >= 0.3 is 0 Å². The van der Waals surface area contributed by atoms with Gasteiger partial charge in [0.15, 0.2) is 6.29 Å². The molecule has 0 radical (unpaired) electrons. The molecule has 0 aliphatic carbocycles. The normalized spacial score (nSPS) is 27.6. The third kappa shape index (κ3) is 5.38. The highest BCUT2D eigenvalue weighted by Gasteiger charge is 2.47. The molecule has 152 valence electrons. The van der Waals surface area contributed by atoms with Crippen molar-refractivity contribution in [1.29, 1.82) is 0 Å². The zero-order chi connectivity index (χ0) is 19.8. The van der Waals surface area contributed by atoms with E-state index >= 15 is 0 Å². The van der Waals surface area contributed by atoms with Crippen LogP contribution in [0.1, 0.15) is 11.1 Å². The zero-order valence-corrected chi connectivity index (χ0v) is 16.3. The van der Waals surface area contributed by atoms with Crippen LogP contribution in [-0.2, 0) is 36.9 Å². The predicted molar refractivity (Wildman–Crippen MR) is 104 cm³/mol. The Bertz CT molecular complexity index is 680. The van der Waals surface area contributed by atoms with Crippen LogP contribution in [0, 0.1) is 0 Å². The van der Waals surface area contributed by atoms with E-state index in [0.717, 1.165) is 11.1 Å². The van der Waals surface area contributed by atoms with Gasteiger partial charge in [-0.2, -0.15) is 0 Å². The Balaban J connectivity index is 1.74. The van der Waals surface area contributed by atoms with Crippen LogP contribution in [0.3, 0.4) is 0 Å². The average Bonchev–Trinajstić information content (AvgIpc) is 2.73. The second kappa shape index (κ2) is 10.7. The van der Waals surface area contributed by atoms with Crippen LogP contribution < -0.4 is 0 Å². The van der Waals surface area contributed by atoms with Gasteiger partial charge in [0, 0.05) is 14.2 Å². The van der Waals surface area contributed by atoms with Gasteiger partial charge in [-0.3, -0.25) is 0 Å². The van der Waals surface area contributed by atoms with Gasteiger partial charge in [0.1, 0.15) is 24.4 Å². The molecule has 0 spiro atoms. The first-order chi connectivity index (χ1) is 13.7. The van der Waals surface area contributed by atoms with Crippen LogP contribution in [0.25, 0.3) is 0 Å². The first-order valence-electron chi connectivity index (χ1n) is 9.39. The fraction of sp³-hybridized carbons (Fsp3) is 0.455. The topological polar surface area (TPSA) is 66.4 Å². The van der Waals surface area contributed by atoms with Crippen molar-refractivity contribution in [3.63, 3.8) is 0 Å². The van der Waals surface area contributed by atoms with Crippen LogP contribution in [-0.4, -0.2) is 56.6 Å². The Kier molecular flexibility index (Phi) is 7.97. The second-order valence-electron chi connectivity index (χ2n) is 6.74. The summed E-state index contributed by atoms with van der Waals surface area (Å²) in [4.78, 5) is 0. The molecule has 1 heterocycles. The van der Waals surface area contributed by atoms with Gasteiger partial charge in [0.05, 0.1) is 19.8 Å². The fourth-order valence-electron chi connectivity index (χ4n) is 3.38. The minimum atomic E-state index is -1.14. The molecule has 6 nitrogen and oxygen atoms in total. The van der Waals surface area contributed by atoms with E-state index in [1.54, 1.807) is 14.2 Å². The second-order valence-corrected chi connectivity index (χ2v) is 6.74. The lowest BCUT2D eigenvalue weighted by atomic mass is 9.98. The van der Waals surface area contributed by atoms with Crippen molar-refractivity contribution in [3.8, 4) is 0 Å². The quantitative estimate of drug-likeness (QED) is 0.712. The molecule has 1 fully saturated rings. The van der Waals surface area contributed by atoms with E-state index in [1.807, 2.05) is 60.7 Å². The van der Waals surface area contributed by atoms with E-state index in [-0.39, 0.29) is 6.61 Å². The summed E-state index contributed by atoms with van der Waals surface area (Å²) in [6.07, 6.45) is -3.24. The van der Waals surface area contributed by atoms with Crippen molar-refractivity contribution in [2.24, 2.45) is 0 Å². The molecule has 1 saturated heterocycles. The molecule has 28 heavy (non-hydrogen) atoms. The van der Waals surface area contributed by atoms with Gasteiger partial charge in [0.25, 0.3) is 0 Å². The molecule has 3 rings (SSSR count). The summed E-state index contributed by atoms with van der Waals surface area (Å²) in [7, 11) is 3.18. The van der Waals surface area contributed by atoms with Gasteiger partial charge in [-0.25, -0.2) is 0 Å². The minimum absolute atomic E-state index is 0.284. The summed E-state index contributed by atoms with van der Waals surface area (Å²) in [6, 6.07) is 19.6. The van der Waals surface area contributed by atoms with Gasteiger partial charge in [-0.15, -0.1) is 0 Å². The van der Waals surface area contributed by atoms with Gasteiger partial charge in [-0.05, 0) is 11.1 Å². The van der Waals surface area contributed by atoms with Crippen molar-refractivity contribution in [2.45, 2.75) is 43.9 Å². The largest absolute Gasteiger partial charge is 0.382 e. The SMILES string of the molecule is COCC1OC(O)C(OCc2ccccc2)C(OCc2ccccc2)C1OC. The number of aliphatic hydroxyl groups is 1. The molecule has 6 heteroatoms. The van der Waals surface area contributed by atoms with Crippen molar-refractivity contribution in [1.82, 2.24) is 0 Å². The minimum Gasteiger partial charge on any atom is -0.382 e. The number of hydrogen-bond donors (Lipinski definition) is 1. The van der Waals surface area contributed by atoms with Crippen LogP contribution in [0.15, 0.2) is 60.7 Å². The third-order valence-electron chi connectivity index (χ3n) is 4.78. The van der Waals surface area contributed by atoms with Crippen molar-refractivity contribution >= 4 is 0 Å². The highest BCUT2D eigenvalue weighted by molar-refractivity contribution is 5.14. The van der Waals surface area contributed by atoms with E-state index in [2.05, 4.69) is 0 Å². The molecule has 1 N–H and O–H groups in total. The molecule has 5 unspecified atom stereocenters. The van der Waals surface area contributed by atoms with E-state index in [9.17, 15) is 5.11 Å². The van der Waals surface area contributed by atoms with Gasteiger partial charge in [0.2, 0.25) is 0 Å². The zero-order valence-electron chi connectivity index (χ0n) is 16.3. The maximum absolute atomic E-state index is 10.6. The maximum Gasteiger partial charge on any atom is 0.184 e. The van der Waals surface area contributed by atoms with E-state index in [0.29, 0.717) is 13.2 Å². The molecule has 0 aromatic heterocycles. The Morgan fingerprint density at radius 2 is 1.32 bits per heavy atom. The van der Waals surface area contributed by atoms with Crippen LogP contribution >= 0.6 is 0 Å². The number of methoxy groups -OCH3 is 2. The number of aliphatic hydroxyl groups excluding tert-OH is 1. The summed E-state index contributed by atoms with van der Waals surface area (Å²) >= 11 is 0. The first-order valence-corrected chi connectivity index (χ1v) is 9.39. The molecule has 1 aliphatic rings. The molecule has 0 amide bonds. The average molecular weight is 388 g/mol. The lowest BCUT2D eigenvalue weighted by Gasteiger charge is -2.43. The summed E-state index contributed by atoms with van der Waals surface area (Å²) in [5, 5.41) is 10.6. The molecular formula is C22H28O6. The van der Waals surface area contributed by atoms with E-state index in [1.165, 1.54) is 0 Å². The van der Waals surface area contributed by atoms with Crippen LogP contribution in [0.5, 0.6) is 0 Å². The number of hydrogen-bond acceptors (Lipinski definition) is 6. The predicted octanol–water partition coefficient (Wildman–Crippen LogP) is 2.54. The molecule has 0 bridgehead atoms. The lowest BCUT2D eigenvalue weighted by Crippen LogP contribution is -2.60. The molecule has 2 aromatic rings. The van der Waals surface area contributed by atoms with Gasteiger partial charge in [-0.1, -0.05) is 60.7 Å². The Hall–Kier alpha value is -1.80. The molecule has 2 aromatic carbocycles. The van der Waals surface area contributed by atoms with E-state index < -0.39 is 30.7 Å². The maximum atomic E-state index is 10.6. The Labute approximate surface area is 165 Å². The lowest BCUT2D eigenvalue weighted by molar-refractivity contribution is -0.311.